The van der Waals surface area contributed by atoms with Crippen LogP contribution < -0.4 is 9.64 Å². The first kappa shape index (κ1) is 17.9. The molecule has 1 aliphatic rings. The molecule has 2 heterocycles. The number of hydrogen-bond acceptors (Lipinski definition) is 5. The molecule has 0 radical (unpaired) electrons. The van der Waals surface area contributed by atoms with Crippen LogP contribution in [0.1, 0.15) is 17.3 Å². The average Bonchev–Trinajstić information content (AvgIpc) is 2.64. The van der Waals surface area contributed by atoms with E-state index in [0.29, 0.717) is 49.3 Å². The number of ether oxygens (including phenoxy) is 1. The van der Waals surface area contributed by atoms with E-state index in [4.69, 9.17) is 16.3 Å². The molecule has 25 heavy (non-hydrogen) atoms. The van der Waals surface area contributed by atoms with E-state index in [-0.39, 0.29) is 5.91 Å². The highest BCUT2D eigenvalue weighted by atomic mass is 79.9. The lowest BCUT2D eigenvalue weighted by molar-refractivity contribution is 0.0746. The normalized spacial score (nSPS) is 14.5. The number of rotatable bonds is 4. The van der Waals surface area contributed by atoms with Gasteiger partial charge in [0.15, 0.2) is 5.82 Å². The summed E-state index contributed by atoms with van der Waals surface area (Å²) in [6.07, 6.45) is 0. The van der Waals surface area contributed by atoms with Gasteiger partial charge in [-0.3, -0.25) is 4.79 Å². The number of amides is 1. The van der Waals surface area contributed by atoms with Crippen molar-refractivity contribution >= 4 is 39.3 Å². The van der Waals surface area contributed by atoms with Crippen LogP contribution >= 0.6 is 27.5 Å². The van der Waals surface area contributed by atoms with Gasteiger partial charge < -0.3 is 14.5 Å². The predicted molar refractivity (Wildman–Crippen MR) is 100 cm³/mol. The van der Waals surface area contributed by atoms with Crippen molar-refractivity contribution in [1.29, 1.82) is 0 Å². The van der Waals surface area contributed by atoms with Crippen molar-refractivity contribution in [2.24, 2.45) is 0 Å². The number of halogens is 2. The number of nitrogens with zero attached hydrogens (tertiary/aromatic N) is 4. The Morgan fingerprint density at radius 1 is 1.20 bits per heavy atom. The van der Waals surface area contributed by atoms with E-state index in [2.05, 4.69) is 31.0 Å². The number of aromatic nitrogens is 2. The number of carbonyl (C=O) groups is 1. The van der Waals surface area contributed by atoms with Gasteiger partial charge in [0.05, 0.1) is 17.2 Å². The zero-order valence-electron chi connectivity index (χ0n) is 13.8. The first-order valence-electron chi connectivity index (χ1n) is 8.04. The van der Waals surface area contributed by atoms with Crippen molar-refractivity contribution in [2.75, 3.05) is 37.7 Å². The van der Waals surface area contributed by atoms with Gasteiger partial charge in [0, 0.05) is 36.7 Å². The maximum absolute atomic E-state index is 12.7. The molecule has 0 bridgehead atoms. The zero-order chi connectivity index (χ0) is 17.8. The van der Waals surface area contributed by atoms with Crippen LogP contribution in [0.4, 0.5) is 5.82 Å². The Kier molecular flexibility index (Phi) is 5.75. The van der Waals surface area contributed by atoms with Gasteiger partial charge in [-0.05, 0) is 31.2 Å². The molecular weight excluding hydrogens is 408 g/mol. The number of piperazine rings is 1. The molecule has 0 spiro atoms. The van der Waals surface area contributed by atoms with Crippen LogP contribution in [0.5, 0.6) is 5.88 Å². The van der Waals surface area contributed by atoms with Gasteiger partial charge in [0.2, 0.25) is 5.88 Å². The summed E-state index contributed by atoms with van der Waals surface area (Å²) in [4.78, 5) is 16.6. The minimum atomic E-state index is -0.0521. The van der Waals surface area contributed by atoms with Crippen LogP contribution in [0.3, 0.4) is 0 Å². The fourth-order valence-electron chi connectivity index (χ4n) is 2.68. The molecule has 1 fully saturated rings. The standard InChI is InChI=1S/C17H18BrClN4O2/c1-2-25-16-6-5-15(20-21-16)22-7-9-23(10-8-22)17(24)13-11-12(18)3-4-14(13)19/h3-6,11H,2,7-10H2,1H3. The molecule has 6 nitrogen and oxygen atoms in total. The summed E-state index contributed by atoms with van der Waals surface area (Å²) < 4.78 is 6.14. The second kappa shape index (κ2) is 8.01. The van der Waals surface area contributed by atoms with Gasteiger partial charge in [-0.1, -0.05) is 27.5 Å². The molecule has 1 aromatic carbocycles. The summed E-state index contributed by atoms with van der Waals surface area (Å²) in [6.45, 7) is 5.07. The second-order valence-corrected chi connectivity index (χ2v) is 6.89. The highest BCUT2D eigenvalue weighted by Crippen LogP contribution is 2.23. The Bertz CT molecular complexity index is 749. The Morgan fingerprint density at radius 3 is 2.60 bits per heavy atom. The average molecular weight is 426 g/mol. The van der Waals surface area contributed by atoms with E-state index >= 15 is 0 Å². The third-order valence-corrected chi connectivity index (χ3v) is 4.79. The summed E-state index contributed by atoms with van der Waals surface area (Å²) in [6, 6.07) is 9.01. The lowest BCUT2D eigenvalue weighted by Gasteiger charge is -2.35. The van der Waals surface area contributed by atoms with Gasteiger partial charge in [-0.25, -0.2) is 0 Å². The smallest absolute Gasteiger partial charge is 0.255 e. The Hall–Kier alpha value is -1.86. The third kappa shape index (κ3) is 4.22. The van der Waals surface area contributed by atoms with Gasteiger partial charge in [0.1, 0.15) is 0 Å². The van der Waals surface area contributed by atoms with Crippen molar-refractivity contribution in [3.8, 4) is 5.88 Å². The monoisotopic (exact) mass is 424 g/mol. The van der Waals surface area contributed by atoms with Crippen molar-refractivity contribution in [2.45, 2.75) is 6.92 Å². The third-order valence-electron chi connectivity index (χ3n) is 3.97. The predicted octanol–water partition coefficient (Wildman–Crippen LogP) is 3.25. The van der Waals surface area contributed by atoms with Gasteiger partial charge in [-0.2, -0.15) is 0 Å². The molecule has 1 saturated heterocycles. The van der Waals surface area contributed by atoms with E-state index in [1.165, 1.54) is 0 Å². The van der Waals surface area contributed by atoms with Crippen LogP contribution in [-0.4, -0.2) is 53.8 Å². The largest absolute Gasteiger partial charge is 0.477 e. The molecule has 0 N–H and O–H groups in total. The van der Waals surface area contributed by atoms with E-state index in [1.807, 2.05) is 30.0 Å². The van der Waals surface area contributed by atoms with Crippen LogP contribution in [0.2, 0.25) is 5.02 Å². The minimum Gasteiger partial charge on any atom is -0.477 e. The highest BCUT2D eigenvalue weighted by Gasteiger charge is 2.24. The highest BCUT2D eigenvalue weighted by molar-refractivity contribution is 9.10. The number of carbonyl (C=O) groups excluding carboxylic acids is 1. The van der Waals surface area contributed by atoms with Crippen LogP contribution in [0, 0.1) is 0 Å². The summed E-state index contributed by atoms with van der Waals surface area (Å²) in [5, 5.41) is 8.71. The molecular formula is C17H18BrClN4O2. The maximum Gasteiger partial charge on any atom is 0.255 e. The quantitative estimate of drug-likeness (QED) is 0.752. The molecule has 1 aromatic heterocycles. The second-order valence-electron chi connectivity index (χ2n) is 5.57. The van der Waals surface area contributed by atoms with Crippen molar-refractivity contribution in [3.05, 3.63) is 45.4 Å². The molecule has 0 unspecified atom stereocenters. The summed E-state index contributed by atoms with van der Waals surface area (Å²) in [5.41, 5.74) is 0.519. The molecule has 2 aromatic rings. The van der Waals surface area contributed by atoms with E-state index in [0.717, 1.165) is 10.3 Å². The Balaban J connectivity index is 1.63. The van der Waals surface area contributed by atoms with Crippen molar-refractivity contribution in [3.63, 3.8) is 0 Å². The van der Waals surface area contributed by atoms with Crippen molar-refractivity contribution in [1.82, 2.24) is 15.1 Å². The van der Waals surface area contributed by atoms with E-state index < -0.39 is 0 Å². The number of benzene rings is 1. The first-order valence-corrected chi connectivity index (χ1v) is 9.21. The fourth-order valence-corrected chi connectivity index (χ4v) is 3.24. The minimum absolute atomic E-state index is 0.0521. The number of hydrogen-bond donors (Lipinski definition) is 0. The summed E-state index contributed by atoms with van der Waals surface area (Å²) >= 11 is 9.55. The van der Waals surface area contributed by atoms with Crippen molar-refractivity contribution < 1.29 is 9.53 Å². The summed E-state index contributed by atoms with van der Waals surface area (Å²) in [5.74, 6) is 1.25. The summed E-state index contributed by atoms with van der Waals surface area (Å²) in [7, 11) is 0. The van der Waals surface area contributed by atoms with Crippen LogP contribution in [0.15, 0.2) is 34.8 Å². The Morgan fingerprint density at radius 2 is 1.96 bits per heavy atom. The topological polar surface area (TPSA) is 58.6 Å². The molecule has 1 amide bonds. The van der Waals surface area contributed by atoms with E-state index in [1.54, 1.807) is 12.1 Å². The van der Waals surface area contributed by atoms with Gasteiger partial charge >= 0.3 is 0 Å². The van der Waals surface area contributed by atoms with E-state index in [9.17, 15) is 4.79 Å². The first-order chi connectivity index (χ1) is 12.1. The van der Waals surface area contributed by atoms with Gasteiger partial charge in [0.25, 0.3) is 5.91 Å². The SMILES string of the molecule is CCOc1ccc(N2CCN(C(=O)c3cc(Br)ccc3Cl)CC2)nn1. The fraction of sp³-hybridized carbons (Fsp3) is 0.353. The lowest BCUT2D eigenvalue weighted by Crippen LogP contribution is -2.49. The molecule has 1 aliphatic heterocycles. The number of anilines is 1. The molecule has 132 valence electrons. The maximum atomic E-state index is 12.7. The molecule has 0 saturated carbocycles. The molecule has 0 aliphatic carbocycles. The Labute approximate surface area is 159 Å². The molecule has 3 rings (SSSR count). The lowest BCUT2D eigenvalue weighted by atomic mass is 10.2. The molecule has 0 atom stereocenters. The zero-order valence-corrected chi connectivity index (χ0v) is 16.1. The van der Waals surface area contributed by atoms with Gasteiger partial charge in [-0.15, -0.1) is 10.2 Å². The van der Waals surface area contributed by atoms with Crippen LogP contribution in [-0.2, 0) is 0 Å². The van der Waals surface area contributed by atoms with Crippen LogP contribution in [0.25, 0.3) is 0 Å². The molecule has 8 heteroatoms.